The van der Waals surface area contributed by atoms with Crippen LogP contribution in [0.1, 0.15) is 49.0 Å². The van der Waals surface area contributed by atoms with E-state index in [-0.39, 0.29) is 18.0 Å². The van der Waals surface area contributed by atoms with Crippen molar-refractivity contribution in [2.45, 2.75) is 45.6 Å². The molecule has 3 heteroatoms. The number of nitrogens with one attached hydrogen (secondary N) is 1. The molecule has 0 spiro atoms. The van der Waals surface area contributed by atoms with Crippen LogP contribution in [0.4, 0.5) is 0 Å². The smallest absolute Gasteiger partial charge is 0.338 e. The molecule has 0 aromatic heterocycles. The maximum atomic E-state index is 13.0. The summed E-state index contributed by atoms with van der Waals surface area (Å²) in [6, 6.07) is 24.3. The lowest BCUT2D eigenvalue weighted by Gasteiger charge is -2.25. The van der Waals surface area contributed by atoms with Crippen LogP contribution in [0.5, 0.6) is 0 Å². The third-order valence-electron chi connectivity index (χ3n) is 5.55. The molecule has 0 saturated carbocycles. The van der Waals surface area contributed by atoms with Gasteiger partial charge in [-0.2, -0.15) is 0 Å². The van der Waals surface area contributed by atoms with Gasteiger partial charge in [0.1, 0.15) is 6.10 Å². The van der Waals surface area contributed by atoms with Gasteiger partial charge in [-0.3, -0.25) is 0 Å². The van der Waals surface area contributed by atoms with Crippen molar-refractivity contribution in [3.63, 3.8) is 0 Å². The first kappa shape index (κ1) is 22.0. The van der Waals surface area contributed by atoms with E-state index in [1.165, 1.54) is 5.56 Å². The lowest BCUT2D eigenvalue weighted by Crippen LogP contribution is -2.28. The van der Waals surface area contributed by atoms with E-state index in [1.54, 1.807) is 0 Å². The largest absolute Gasteiger partial charge is 0.458 e. The van der Waals surface area contributed by atoms with Gasteiger partial charge >= 0.3 is 5.97 Å². The Morgan fingerprint density at radius 1 is 0.933 bits per heavy atom. The molecule has 3 rings (SSSR count). The predicted octanol–water partition coefficient (Wildman–Crippen LogP) is 6.02. The predicted molar refractivity (Wildman–Crippen MR) is 125 cm³/mol. The van der Waals surface area contributed by atoms with Crippen LogP contribution in [0.3, 0.4) is 0 Å². The minimum absolute atomic E-state index is 0.104. The van der Waals surface area contributed by atoms with Gasteiger partial charge in [0, 0.05) is 0 Å². The molecular weight excluding hydrogens is 370 g/mol. The third kappa shape index (κ3) is 6.43. The molecular formula is C27H33NO2. The Balaban J connectivity index is 1.68. The summed E-state index contributed by atoms with van der Waals surface area (Å²) in [5.41, 5.74) is 1.90. The second-order valence-corrected chi connectivity index (χ2v) is 8.06. The highest BCUT2D eigenvalue weighted by Crippen LogP contribution is 2.22. The number of carbonyl (C=O) groups excluding carboxylic acids is 1. The topological polar surface area (TPSA) is 38.3 Å². The third-order valence-corrected chi connectivity index (χ3v) is 5.55. The van der Waals surface area contributed by atoms with E-state index in [4.69, 9.17) is 4.74 Å². The molecule has 2 atom stereocenters. The maximum Gasteiger partial charge on any atom is 0.338 e. The molecule has 3 aromatic rings. The minimum atomic E-state index is -0.229. The zero-order valence-corrected chi connectivity index (χ0v) is 18.1. The summed E-state index contributed by atoms with van der Waals surface area (Å²) in [6.45, 7) is 6.34. The number of benzene rings is 3. The summed E-state index contributed by atoms with van der Waals surface area (Å²) in [7, 11) is 0. The zero-order valence-electron chi connectivity index (χ0n) is 18.1. The molecule has 0 bridgehead atoms. The van der Waals surface area contributed by atoms with Crippen molar-refractivity contribution >= 4 is 16.7 Å². The van der Waals surface area contributed by atoms with Crippen molar-refractivity contribution in [2.75, 3.05) is 13.1 Å². The second kappa shape index (κ2) is 11.5. The first-order chi connectivity index (χ1) is 14.7. The van der Waals surface area contributed by atoms with Crippen molar-refractivity contribution in [1.29, 1.82) is 0 Å². The van der Waals surface area contributed by atoms with Gasteiger partial charge in [-0.15, -0.1) is 0 Å². The van der Waals surface area contributed by atoms with Crippen LogP contribution in [0.15, 0.2) is 72.8 Å². The summed E-state index contributed by atoms with van der Waals surface area (Å²) in [4.78, 5) is 13.0. The van der Waals surface area contributed by atoms with Gasteiger partial charge in [0.2, 0.25) is 0 Å². The van der Waals surface area contributed by atoms with Crippen LogP contribution in [0.2, 0.25) is 0 Å². The van der Waals surface area contributed by atoms with Crippen LogP contribution >= 0.6 is 0 Å². The number of hydrogen-bond donors (Lipinski definition) is 1. The van der Waals surface area contributed by atoms with Crippen LogP contribution < -0.4 is 5.32 Å². The highest BCUT2D eigenvalue weighted by atomic mass is 16.5. The standard InChI is InChI=1S/C27H33NO2/c1-3-17-28-18-9-14-26(21(2)19-22-10-5-4-6-11-22)30-27(29)25-16-15-23-12-7-8-13-24(23)20-25/h4-8,10-13,15-16,20-21,26,28H,3,9,14,17-19H2,1-2H3. The van der Waals surface area contributed by atoms with Crippen molar-refractivity contribution in [3.05, 3.63) is 83.9 Å². The van der Waals surface area contributed by atoms with E-state index in [0.717, 1.165) is 49.5 Å². The Morgan fingerprint density at radius 3 is 2.43 bits per heavy atom. The van der Waals surface area contributed by atoms with Gasteiger partial charge in [0.25, 0.3) is 0 Å². The summed E-state index contributed by atoms with van der Waals surface area (Å²) in [6.07, 6.45) is 3.79. The van der Waals surface area contributed by atoms with Gasteiger partial charge in [-0.1, -0.05) is 74.5 Å². The van der Waals surface area contributed by atoms with Gasteiger partial charge in [0.05, 0.1) is 5.56 Å². The Kier molecular flexibility index (Phi) is 8.46. The normalized spacial score (nSPS) is 13.1. The van der Waals surface area contributed by atoms with E-state index in [9.17, 15) is 4.79 Å². The van der Waals surface area contributed by atoms with Crippen LogP contribution in [0.25, 0.3) is 10.8 Å². The zero-order chi connectivity index (χ0) is 21.2. The highest BCUT2D eigenvalue weighted by Gasteiger charge is 2.22. The summed E-state index contributed by atoms with van der Waals surface area (Å²) in [5.74, 6) is 0.0233. The van der Waals surface area contributed by atoms with Gasteiger partial charge in [-0.25, -0.2) is 4.79 Å². The molecule has 0 radical (unpaired) electrons. The Morgan fingerprint density at radius 2 is 1.67 bits per heavy atom. The molecule has 2 unspecified atom stereocenters. The van der Waals surface area contributed by atoms with Crippen molar-refractivity contribution in [3.8, 4) is 0 Å². The van der Waals surface area contributed by atoms with E-state index in [1.807, 2.05) is 42.5 Å². The lowest BCUT2D eigenvalue weighted by molar-refractivity contribution is 0.0130. The fourth-order valence-corrected chi connectivity index (χ4v) is 3.83. The number of rotatable bonds is 11. The number of esters is 1. The SMILES string of the molecule is CCCNCCCC(OC(=O)c1ccc2ccccc2c1)C(C)Cc1ccccc1. The van der Waals surface area contributed by atoms with Gasteiger partial charge in [0.15, 0.2) is 0 Å². The second-order valence-electron chi connectivity index (χ2n) is 8.06. The minimum Gasteiger partial charge on any atom is -0.458 e. The highest BCUT2D eigenvalue weighted by molar-refractivity contribution is 5.95. The van der Waals surface area contributed by atoms with Crippen molar-refractivity contribution in [1.82, 2.24) is 5.32 Å². The molecule has 158 valence electrons. The maximum absolute atomic E-state index is 13.0. The van der Waals surface area contributed by atoms with Gasteiger partial charge in [-0.05, 0) is 73.2 Å². The quantitative estimate of drug-likeness (QED) is 0.314. The average molecular weight is 404 g/mol. The molecule has 0 aliphatic heterocycles. The number of ether oxygens (including phenoxy) is 1. The van der Waals surface area contributed by atoms with Crippen LogP contribution in [-0.2, 0) is 11.2 Å². The van der Waals surface area contributed by atoms with Crippen LogP contribution in [0, 0.1) is 5.92 Å². The van der Waals surface area contributed by atoms with E-state index < -0.39 is 0 Å². The molecule has 0 heterocycles. The first-order valence-corrected chi connectivity index (χ1v) is 11.1. The van der Waals surface area contributed by atoms with Crippen molar-refractivity contribution in [2.24, 2.45) is 5.92 Å². The Hall–Kier alpha value is -2.65. The summed E-state index contributed by atoms with van der Waals surface area (Å²) < 4.78 is 6.06. The monoisotopic (exact) mass is 403 g/mol. The molecule has 0 amide bonds. The Labute approximate surface area is 180 Å². The van der Waals surface area contributed by atoms with E-state index >= 15 is 0 Å². The molecule has 0 fully saturated rings. The fraction of sp³-hybridized carbons (Fsp3) is 0.370. The average Bonchev–Trinajstić information content (AvgIpc) is 2.78. The van der Waals surface area contributed by atoms with E-state index in [2.05, 4.69) is 49.5 Å². The fourth-order valence-electron chi connectivity index (χ4n) is 3.83. The Bertz CT molecular complexity index is 922. The molecule has 1 N–H and O–H groups in total. The lowest BCUT2D eigenvalue weighted by atomic mass is 9.93. The number of fused-ring (bicyclic) bond motifs is 1. The summed E-state index contributed by atoms with van der Waals surface area (Å²) in [5, 5.41) is 5.63. The van der Waals surface area contributed by atoms with Gasteiger partial charge < -0.3 is 10.1 Å². The molecule has 0 saturated heterocycles. The molecule has 30 heavy (non-hydrogen) atoms. The first-order valence-electron chi connectivity index (χ1n) is 11.1. The molecule has 0 aliphatic rings. The number of carbonyl (C=O) groups is 1. The van der Waals surface area contributed by atoms with E-state index in [0.29, 0.717) is 5.56 Å². The van der Waals surface area contributed by atoms with Crippen molar-refractivity contribution < 1.29 is 9.53 Å². The molecule has 0 aliphatic carbocycles. The summed E-state index contributed by atoms with van der Waals surface area (Å²) >= 11 is 0. The molecule has 3 aromatic carbocycles. The number of hydrogen-bond acceptors (Lipinski definition) is 3. The van der Waals surface area contributed by atoms with Crippen LogP contribution in [-0.4, -0.2) is 25.2 Å². The molecule has 3 nitrogen and oxygen atoms in total.